The molecule has 0 aliphatic rings. The molecule has 17 heavy (non-hydrogen) atoms. The largest absolute Gasteiger partial charge is 0.254 e. The molecular formula is C11H8N6. The summed E-state index contributed by atoms with van der Waals surface area (Å²) >= 11 is 0. The molecule has 0 spiro atoms. The number of pyridine rings is 1. The molecule has 0 aliphatic heterocycles. The summed E-state index contributed by atoms with van der Waals surface area (Å²) in [4.78, 5) is 12.4. The summed E-state index contributed by atoms with van der Waals surface area (Å²) in [5, 5.41) is 8.00. The Kier molecular flexibility index (Phi) is 2.31. The van der Waals surface area contributed by atoms with Gasteiger partial charge in [-0.05, 0) is 18.2 Å². The molecule has 3 heterocycles. The Bertz CT molecular complexity index is 550. The molecule has 0 unspecified atom stereocenters. The predicted octanol–water partition coefficient (Wildman–Crippen LogP) is 1.12. The van der Waals surface area contributed by atoms with E-state index in [2.05, 4.69) is 25.3 Å². The number of hydrogen-bond donors (Lipinski definition) is 0. The van der Waals surface area contributed by atoms with Crippen molar-refractivity contribution in [3.8, 4) is 17.3 Å². The van der Waals surface area contributed by atoms with Crippen molar-refractivity contribution < 1.29 is 0 Å². The molecule has 0 aliphatic carbocycles. The van der Waals surface area contributed by atoms with Crippen LogP contribution in [0.1, 0.15) is 0 Å². The quantitative estimate of drug-likeness (QED) is 0.652. The first-order valence-electron chi connectivity index (χ1n) is 5.04. The van der Waals surface area contributed by atoms with Gasteiger partial charge in [0.15, 0.2) is 0 Å². The van der Waals surface area contributed by atoms with Crippen LogP contribution in [-0.2, 0) is 0 Å². The van der Waals surface area contributed by atoms with Crippen molar-refractivity contribution in [3.05, 3.63) is 49.1 Å². The fraction of sp³-hybridized carbons (Fsp3) is 0. The molecule has 3 rings (SSSR count). The highest BCUT2D eigenvalue weighted by atomic mass is 15.5. The van der Waals surface area contributed by atoms with Crippen LogP contribution in [0.4, 0.5) is 0 Å². The summed E-state index contributed by atoms with van der Waals surface area (Å²) in [5.41, 5.74) is 1.47. The van der Waals surface area contributed by atoms with Gasteiger partial charge in [0.05, 0.1) is 11.9 Å². The van der Waals surface area contributed by atoms with E-state index in [1.54, 1.807) is 30.9 Å². The third-order valence-electron chi connectivity index (χ3n) is 2.18. The van der Waals surface area contributed by atoms with Gasteiger partial charge in [-0.2, -0.15) is 4.68 Å². The number of hydrogen-bond acceptors (Lipinski definition) is 5. The fourth-order valence-electron chi connectivity index (χ4n) is 1.40. The molecular weight excluding hydrogens is 216 g/mol. The second-order valence-electron chi connectivity index (χ2n) is 3.31. The van der Waals surface area contributed by atoms with Gasteiger partial charge in [0, 0.05) is 18.6 Å². The van der Waals surface area contributed by atoms with Crippen LogP contribution >= 0.6 is 0 Å². The van der Waals surface area contributed by atoms with Crippen molar-refractivity contribution >= 4 is 0 Å². The van der Waals surface area contributed by atoms with Gasteiger partial charge in [0.25, 0.3) is 5.95 Å². The lowest BCUT2D eigenvalue weighted by Gasteiger charge is -1.94. The Morgan fingerprint density at radius 3 is 2.41 bits per heavy atom. The third-order valence-corrected chi connectivity index (χ3v) is 2.18. The van der Waals surface area contributed by atoms with Gasteiger partial charge >= 0.3 is 0 Å². The zero-order valence-electron chi connectivity index (χ0n) is 8.80. The third kappa shape index (κ3) is 1.87. The highest BCUT2D eigenvalue weighted by Gasteiger charge is 2.06. The van der Waals surface area contributed by atoms with Crippen LogP contribution < -0.4 is 0 Å². The van der Waals surface area contributed by atoms with Gasteiger partial charge in [-0.25, -0.2) is 9.97 Å². The smallest absolute Gasteiger partial charge is 0.251 e. The second kappa shape index (κ2) is 4.09. The lowest BCUT2D eigenvalue weighted by atomic mass is 10.3. The lowest BCUT2D eigenvalue weighted by molar-refractivity contribution is 0.755. The molecule has 0 radical (unpaired) electrons. The second-order valence-corrected chi connectivity index (χ2v) is 3.31. The molecule has 6 heteroatoms. The predicted molar refractivity (Wildman–Crippen MR) is 60.2 cm³/mol. The van der Waals surface area contributed by atoms with E-state index in [1.165, 1.54) is 4.68 Å². The van der Waals surface area contributed by atoms with Gasteiger partial charge in [-0.15, -0.1) is 5.10 Å². The van der Waals surface area contributed by atoms with Crippen LogP contribution in [0.2, 0.25) is 0 Å². The Morgan fingerprint density at radius 1 is 0.824 bits per heavy atom. The first-order valence-corrected chi connectivity index (χ1v) is 5.04. The average Bonchev–Trinajstić information content (AvgIpc) is 2.90. The molecule has 3 aromatic rings. The minimum absolute atomic E-state index is 0.488. The first kappa shape index (κ1) is 9.59. The summed E-state index contributed by atoms with van der Waals surface area (Å²) in [6.45, 7) is 0. The lowest BCUT2D eigenvalue weighted by Crippen LogP contribution is -2.00. The summed E-state index contributed by atoms with van der Waals surface area (Å²) in [7, 11) is 0. The van der Waals surface area contributed by atoms with E-state index in [4.69, 9.17) is 0 Å². The maximum absolute atomic E-state index is 4.20. The molecule has 0 aromatic carbocycles. The van der Waals surface area contributed by atoms with Gasteiger partial charge in [0.2, 0.25) is 0 Å². The molecule has 0 saturated carbocycles. The van der Waals surface area contributed by atoms with Crippen molar-refractivity contribution in [2.75, 3.05) is 0 Å². The zero-order valence-corrected chi connectivity index (χ0v) is 8.80. The SMILES string of the molecule is c1ccc(-c2cn(-c3ncccn3)nn2)nc1. The van der Waals surface area contributed by atoms with Gasteiger partial charge in [-0.1, -0.05) is 11.3 Å². The van der Waals surface area contributed by atoms with Crippen LogP contribution in [0.3, 0.4) is 0 Å². The van der Waals surface area contributed by atoms with E-state index < -0.39 is 0 Å². The van der Waals surface area contributed by atoms with Crippen LogP contribution in [0.25, 0.3) is 17.3 Å². The Labute approximate surface area is 97.0 Å². The number of nitrogens with zero attached hydrogens (tertiary/aromatic N) is 6. The monoisotopic (exact) mass is 224 g/mol. The summed E-state index contributed by atoms with van der Waals surface area (Å²) < 4.78 is 1.52. The van der Waals surface area contributed by atoms with Gasteiger partial charge < -0.3 is 0 Å². The first-order chi connectivity index (χ1) is 8.43. The Morgan fingerprint density at radius 2 is 1.65 bits per heavy atom. The molecule has 82 valence electrons. The zero-order chi connectivity index (χ0) is 11.5. The molecule has 0 amide bonds. The van der Waals surface area contributed by atoms with Crippen LogP contribution in [-0.4, -0.2) is 29.9 Å². The van der Waals surface area contributed by atoms with Crippen molar-refractivity contribution in [1.29, 1.82) is 0 Å². The number of aromatic nitrogens is 6. The minimum atomic E-state index is 0.488. The maximum atomic E-state index is 4.20. The Hall–Kier alpha value is -2.63. The van der Waals surface area contributed by atoms with Crippen LogP contribution in [0.5, 0.6) is 0 Å². The highest BCUT2D eigenvalue weighted by Crippen LogP contribution is 2.12. The summed E-state index contributed by atoms with van der Waals surface area (Å²) in [6.07, 6.45) is 6.78. The van der Waals surface area contributed by atoms with E-state index in [-0.39, 0.29) is 0 Å². The molecule has 0 N–H and O–H groups in total. The van der Waals surface area contributed by atoms with Crippen molar-refractivity contribution in [2.24, 2.45) is 0 Å². The van der Waals surface area contributed by atoms with E-state index in [1.807, 2.05) is 18.2 Å². The van der Waals surface area contributed by atoms with E-state index >= 15 is 0 Å². The topological polar surface area (TPSA) is 69.4 Å². The normalized spacial score (nSPS) is 10.4. The molecule has 0 saturated heterocycles. The van der Waals surface area contributed by atoms with Crippen LogP contribution in [0.15, 0.2) is 49.1 Å². The van der Waals surface area contributed by atoms with Crippen LogP contribution in [0, 0.1) is 0 Å². The number of rotatable bonds is 2. The molecule has 6 nitrogen and oxygen atoms in total. The van der Waals surface area contributed by atoms with E-state index in [0.717, 1.165) is 5.69 Å². The van der Waals surface area contributed by atoms with Gasteiger partial charge in [-0.3, -0.25) is 4.98 Å². The van der Waals surface area contributed by atoms with Crippen molar-refractivity contribution in [3.63, 3.8) is 0 Å². The molecule has 3 aromatic heterocycles. The average molecular weight is 224 g/mol. The molecule has 0 bridgehead atoms. The summed E-state index contributed by atoms with van der Waals surface area (Å²) in [5.74, 6) is 0.488. The van der Waals surface area contributed by atoms with E-state index in [0.29, 0.717) is 11.6 Å². The molecule has 0 atom stereocenters. The minimum Gasteiger partial charge on any atom is -0.254 e. The highest BCUT2D eigenvalue weighted by molar-refractivity contribution is 5.51. The standard InChI is InChI=1S/C11H8N6/c1-2-5-12-9(4-1)10-8-17(16-15-10)11-13-6-3-7-14-11/h1-8H. The Balaban J connectivity index is 1.99. The van der Waals surface area contributed by atoms with E-state index in [9.17, 15) is 0 Å². The van der Waals surface area contributed by atoms with Crippen molar-refractivity contribution in [1.82, 2.24) is 29.9 Å². The van der Waals surface area contributed by atoms with Crippen molar-refractivity contribution in [2.45, 2.75) is 0 Å². The summed E-state index contributed by atoms with van der Waals surface area (Å²) in [6, 6.07) is 7.38. The maximum Gasteiger partial charge on any atom is 0.251 e. The van der Waals surface area contributed by atoms with Gasteiger partial charge in [0.1, 0.15) is 5.69 Å². The molecule has 0 fully saturated rings. The fourth-order valence-corrected chi connectivity index (χ4v) is 1.40.